The number of aromatic nitrogens is 1. The summed E-state index contributed by atoms with van der Waals surface area (Å²) in [6.45, 7) is 8.96. The van der Waals surface area contributed by atoms with Crippen LogP contribution in [0.4, 0.5) is 10.8 Å². The highest BCUT2D eigenvalue weighted by Crippen LogP contribution is 2.30. The average molecular weight is 410 g/mol. The van der Waals surface area contributed by atoms with Gasteiger partial charge in [-0.25, -0.2) is 9.59 Å². The lowest BCUT2D eigenvalue weighted by Gasteiger charge is -2.39. The molecule has 1 aromatic heterocycles. The maximum absolute atomic E-state index is 12.3. The van der Waals surface area contributed by atoms with Crippen molar-refractivity contribution in [1.29, 1.82) is 0 Å². The molecule has 2 aromatic rings. The van der Waals surface area contributed by atoms with Crippen molar-refractivity contribution in [2.24, 2.45) is 0 Å². The van der Waals surface area contributed by atoms with Crippen LogP contribution in [0.3, 0.4) is 0 Å². The molecule has 1 aromatic carbocycles. The number of carbonyl (C=O) groups is 2. The van der Waals surface area contributed by atoms with Crippen LogP contribution in [0.15, 0.2) is 16.5 Å². The fraction of sp³-hybridized carbons (Fsp3) is 0.526. The first kappa shape index (κ1) is 20.3. The predicted octanol–water partition coefficient (Wildman–Crippen LogP) is 3.71. The first-order valence-corrected chi connectivity index (χ1v) is 9.40. The van der Waals surface area contributed by atoms with Crippen molar-refractivity contribution < 1.29 is 23.5 Å². The number of benzene rings is 1. The largest absolute Gasteiger partial charge is 0.465 e. The number of esters is 1. The molecule has 0 N–H and O–H groups in total. The van der Waals surface area contributed by atoms with Gasteiger partial charge in [0.15, 0.2) is 5.58 Å². The number of fused-ring (bicyclic) bond motifs is 1. The summed E-state index contributed by atoms with van der Waals surface area (Å²) in [4.78, 5) is 32.5. The van der Waals surface area contributed by atoms with Crippen LogP contribution in [0.25, 0.3) is 11.1 Å². The molecule has 0 saturated carbocycles. The minimum Gasteiger partial charge on any atom is -0.465 e. The van der Waals surface area contributed by atoms with Gasteiger partial charge in [-0.15, -0.1) is 0 Å². The molecule has 1 aliphatic rings. The molecule has 0 spiro atoms. The maximum Gasteiger partial charge on any atom is 0.410 e. The molecule has 9 heteroatoms. The number of hydrogen-bond donors (Lipinski definition) is 0. The van der Waals surface area contributed by atoms with Crippen LogP contribution in [-0.4, -0.2) is 60.3 Å². The standard InChI is InChI=1S/C19H24ClN3O5/c1-11-10-22(18(25)28-19(2,3)4)6-7-23(11)17-21-15-13(16(24)26-5)8-12(20)9-14(15)27-17/h8-9,11H,6-7,10H2,1-5H3. The zero-order chi connectivity index (χ0) is 20.6. The van der Waals surface area contributed by atoms with E-state index in [9.17, 15) is 9.59 Å². The van der Waals surface area contributed by atoms with Crippen molar-refractivity contribution in [2.75, 3.05) is 31.6 Å². The summed E-state index contributed by atoms with van der Waals surface area (Å²) in [6.07, 6.45) is -0.337. The Labute approximate surface area is 168 Å². The van der Waals surface area contributed by atoms with E-state index in [0.717, 1.165) is 0 Å². The summed E-state index contributed by atoms with van der Waals surface area (Å²) in [5.41, 5.74) is 0.513. The van der Waals surface area contributed by atoms with Crippen LogP contribution < -0.4 is 4.90 Å². The van der Waals surface area contributed by atoms with Gasteiger partial charge in [0, 0.05) is 36.8 Å². The van der Waals surface area contributed by atoms with E-state index in [1.807, 2.05) is 32.6 Å². The highest BCUT2D eigenvalue weighted by Gasteiger charge is 2.32. The number of nitrogens with zero attached hydrogens (tertiary/aromatic N) is 3. The normalized spacial score (nSPS) is 17.7. The molecular weight excluding hydrogens is 386 g/mol. The number of oxazole rings is 1. The predicted molar refractivity (Wildman–Crippen MR) is 105 cm³/mol. The number of methoxy groups -OCH3 is 1. The fourth-order valence-corrected chi connectivity index (χ4v) is 3.31. The first-order valence-electron chi connectivity index (χ1n) is 9.02. The van der Waals surface area contributed by atoms with Gasteiger partial charge in [-0.2, -0.15) is 4.98 Å². The number of carbonyl (C=O) groups excluding carboxylic acids is 2. The summed E-state index contributed by atoms with van der Waals surface area (Å²) in [5.74, 6) is -0.532. The second kappa shape index (κ2) is 7.50. The summed E-state index contributed by atoms with van der Waals surface area (Å²) in [7, 11) is 1.30. The molecule has 1 amide bonds. The van der Waals surface area contributed by atoms with Crippen LogP contribution in [0.5, 0.6) is 0 Å². The highest BCUT2D eigenvalue weighted by atomic mass is 35.5. The quantitative estimate of drug-likeness (QED) is 0.699. The lowest BCUT2D eigenvalue weighted by molar-refractivity contribution is 0.0216. The number of hydrogen-bond acceptors (Lipinski definition) is 7. The first-order chi connectivity index (χ1) is 13.1. The van der Waals surface area contributed by atoms with Gasteiger partial charge in [0.1, 0.15) is 11.1 Å². The van der Waals surface area contributed by atoms with Gasteiger partial charge in [0.05, 0.1) is 12.7 Å². The van der Waals surface area contributed by atoms with Crippen LogP contribution in [0.1, 0.15) is 38.1 Å². The molecular formula is C19H24ClN3O5. The van der Waals surface area contributed by atoms with E-state index in [1.54, 1.807) is 11.0 Å². The second-order valence-corrected chi connectivity index (χ2v) is 8.19. The van der Waals surface area contributed by atoms with Gasteiger partial charge in [0.25, 0.3) is 6.01 Å². The average Bonchev–Trinajstić information content (AvgIpc) is 3.02. The van der Waals surface area contributed by atoms with Gasteiger partial charge in [-0.05, 0) is 33.8 Å². The van der Waals surface area contributed by atoms with Crippen molar-refractivity contribution in [3.05, 3.63) is 22.7 Å². The molecule has 28 heavy (non-hydrogen) atoms. The van der Waals surface area contributed by atoms with E-state index in [1.165, 1.54) is 13.2 Å². The van der Waals surface area contributed by atoms with Crippen LogP contribution in [0.2, 0.25) is 5.02 Å². The lowest BCUT2D eigenvalue weighted by atomic mass is 10.2. The molecule has 3 rings (SSSR count). The Kier molecular flexibility index (Phi) is 5.43. The zero-order valence-corrected chi connectivity index (χ0v) is 17.4. The Balaban J connectivity index is 1.82. The number of anilines is 1. The Morgan fingerprint density at radius 2 is 2.00 bits per heavy atom. The Hall–Kier alpha value is -2.48. The number of rotatable bonds is 2. The van der Waals surface area contributed by atoms with Gasteiger partial charge in [-0.1, -0.05) is 11.6 Å². The van der Waals surface area contributed by atoms with Gasteiger partial charge in [0.2, 0.25) is 0 Å². The molecule has 1 saturated heterocycles. The molecule has 2 heterocycles. The molecule has 0 aliphatic carbocycles. The van der Waals surface area contributed by atoms with E-state index in [-0.39, 0.29) is 17.7 Å². The van der Waals surface area contributed by atoms with Crippen molar-refractivity contribution >= 4 is 40.8 Å². The third-order valence-corrected chi connectivity index (χ3v) is 4.60. The summed E-state index contributed by atoms with van der Waals surface area (Å²) in [6, 6.07) is 3.44. The SMILES string of the molecule is COC(=O)c1cc(Cl)cc2oc(N3CCN(C(=O)OC(C)(C)C)CC3C)nc12. The smallest absolute Gasteiger partial charge is 0.410 e. The van der Waals surface area contributed by atoms with Crippen molar-refractivity contribution in [1.82, 2.24) is 9.88 Å². The fourth-order valence-electron chi connectivity index (χ4n) is 3.11. The minimum atomic E-state index is -0.540. The summed E-state index contributed by atoms with van der Waals surface area (Å²) < 4.78 is 16.1. The van der Waals surface area contributed by atoms with E-state index >= 15 is 0 Å². The molecule has 8 nitrogen and oxygen atoms in total. The van der Waals surface area contributed by atoms with Crippen molar-refractivity contribution in [3.63, 3.8) is 0 Å². The molecule has 0 radical (unpaired) electrons. The third kappa shape index (κ3) is 4.16. The molecule has 0 bridgehead atoms. The summed E-state index contributed by atoms with van der Waals surface area (Å²) in [5, 5.41) is 0.360. The number of amides is 1. The van der Waals surface area contributed by atoms with Crippen molar-refractivity contribution in [3.8, 4) is 0 Å². The maximum atomic E-state index is 12.3. The minimum absolute atomic E-state index is 0.0496. The number of halogens is 1. The monoisotopic (exact) mass is 409 g/mol. The topological polar surface area (TPSA) is 85.1 Å². The van der Waals surface area contributed by atoms with Gasteiger partial charge in [-0.3, -0.25) is 0 Å². The lowest BCUT2D eigenvalue weighted by Crippen LogP contribution is -2.54. The van der Waals surface area contributed by atoms with E-state index in [0.29, 0.717) is 41.8 Å². The molecule has 152 valence electrons. The number of ether oxygens (including phenoxy) is 2. The molecule has 1 unspecified atom stereocenters. The zero-order valence-electron chi connectivity index (χ0n) is 16.6. The second-order valence-electron chi connectivity index (χ2n) is 7.76. The Bertz CT molecular complexity index is 905. The molecule has 1 aliphatic heterocycles. The van der Waals surface area contributed by atoms with Crippen LogP contribution in [0, 0.1) is 0 Å². The van der Waals surface area contributed by atoms with Crippen LogP contribution in [-0.2, 0) is 9.47 Å². The number of piperazine rings is 1. The van der Waals surface area contributed by atoms with E-state index < -0.39 is 11.6 Å². The van der Waals surface area contributed by atoms with E-state index in [2.05, 4.69) is 4.98 Å². The Morgan fingerprint density at radius 1 is 1.29 bits per heavy atom. The van der Waals surface area contributed by atoms with Crippen molar-refractivity contribution in [2.45, 2.75) is 39.3 Å². The van der Waals surface area contributed by atoms with Gasteiger partial charge >= 0.3 is 12.1 Å². The molecule has 1 fully saturated rings. The summed E-state index contributed by atoms with van der Waals surface area (Å²) >= 11 is 6.09. The third-order valence-electron chi connectivity index (χ3n) is 4.38. The Morgan fingerprint density at radius 3 is 2.61 bits per heavy atom. The highest BCUT2D eigenvalue weighted by molar-refractivity contribution is 6.31. The van der Waals surface area contributed by atoms with Gasteiger partial charge < -0.3 is 23.7 Å². The van der Waals surface area contributed by atoms with Crippen LogP contribution >= 0.6 is 11.6 Å². The van der Waals surface area contributed by atoms with E-state index in [4.69, 9.17) is 25.5 Å². The molecule has 1 atom stereocenters.